The molecule has 2 atom stereocenters. The third kappa shape index (κ3) is 3.96. The molecule has 4 aliphatic rings. The minimum Gasteiger partial charge on any atom is -0.508 e. The number of ether oxygens (including phenoxy) is 2. The third-order valence-corrected chi connectivity index (χ3v) is 6.71. The molecule has 3 fully saturated rings. The molecule has 34 heavy (non-hydrogen) atoms. The molecular weight excluding hydrogens is 440 g/mol. The van der Waals surface area contributed by atoms with Crippen molar-refractivity contribution in [1.29, 1.82) is 0 Å². The Kier molecular flexibility index (Phi) is 6.07. The fourth-order valence-corrected chi connectivity index (χ4v) is 4.86. The van der Waals surface area contributed by atoms with Gasteiger partial charge in [0.1, 0.15) is 30.8 Å². The number of aliphatic hydroxyl groups excluding tert-OH is 2. The molecule has 5 rings (SSSR count). The van der Waals surface area contributed by atoms with Crippen molar-refractivity contribution in [3.63, 3.8) is 0 Å². The summed E-state index contributed by atoms with van der Waals surface area (Å²) in [5.41, 5.74) is 1.55. The van der Waals surface area contributed by atoms with Crippen molar-refractivity contribution in [3.8, 4) is 5.75 Å². The van der Waals surface area contributed by atoms with Crippen molar-refractivity contribution in [2.45, 2.75) is 12.0 Å². The highest BCUT2D eigenvalue weighted by Gasteiger charge is 2.48. The van der Waals surface area contributed by atoms with E-state index in [4.69, 9.17) is 9.47 Å². The summed E-state index contributed by atoms with van der Waals surface area (Å²) < 4.78 is 12.7. The van der Waals surface area contributed by atoms with Crippen LogP contribution in [-0.4, -0.2) is 95.9 Å². The number of anilines is 1. The van der Waals surface area contributed by atoms with Crippen molar-refractivity contribution in [3.05, 3.63) is 58.9 Å². The number of aliphatic hydroxyl groups is 2. The van der Waals surface area contributed by atoms with Gasteiger partial charge in [0.05, 0.1) is 30.8 Å². The first-order chi connectivity index (χ1) is 16.5. The van der Waals surface area contributed by atoms with Gasteiger partial charge in [-0.05, 0) is 12.1 Å². The Bertz CT molecular complexity index is 1150. The minimum atomic E-state index is -1.64. The number of morpholine rings is 2. The number of carbonyl (C=O) groups is 2. The fraction of sp³-hybridized carbons (Fsp3) is 0.400. The van der Waals surface area contributed by atoms with Crippen molar-refractivity contribution in [1.82, 2.24) is 0 Å². The zero-order valence-electron chi connectivity index (χ0n) is 18.6. The smallest absolute Gasteiger partial charge is 0.203 e. The second kappa shape index (κ2) is 9.17. The summed E-state index contributed by atoms with van der Waals surface area (Å²) >= 11 is 0. The highest BCUT2D eigenvalue weighted by atomic mass is 16.5. The number of hydrogen-bond acceptors (Lipinski definition) is 8. The number of ketones is 2. The molecule has 2 aliphatic carbocycles. The molecule has 3 N–H and O–H groups in total. The van der Waals surface area contributed by atoms with Crippen LogP contribution in [0.25, 0.3) is 0 Å². The van der Waals surface area contributed by atoms with Crippen LogP contribution in [-0.2, 0) is 19.1 Å². The number of hydrogen-bond donors (Lipinski definition) is 3. The number of nitrogens with zero attached hydrogens (tertiary/aromatic N) is 2. The summed E-state index contributed by atoms with van der Waals surface area (Å²) in [7, 11) is 0. The van der Waals surface area contributed by atoms with E-state index >= 15 is 0 Å². The number of rotatable bonds is 2. The minimum absolute atomic E-state index is 0.0815. The maximum absolute atomic E-state index is 13.3. The molecule has 0 bridgehead atoms. The molecule has 2 heterocycles. The molecule has 178 valence electrons. The largest absolute Gasteiger partial charge is 0.508 e. The van der Waals surface area contributed by atoms with Gasteiger partial charge >= 0.3 is 0 Å². The van der Waals surface area contributed by atoms with Crippen LogP contribution in [0.2, 0.25) is 0 Å². The number of phenols is 1. The fourth-order valence-electron chi connectivity index (χ4n) is 4.86. The molecule has 9 heteroatoms. The van der Waals surface area contributed by atoms with Crippen LogP contribution in [0.4, 0.5) is 5.69 Å². The normalized spacial score (nSPS) is 28.0. The van der Waals surface area contributed by atoms with Gasteiger partial charge < -0.3 is 29.7 Å². The lowest BCUT2D eigenvalue weighted by Crippen LogP contribution is -2.36. The summed E-state index contributed by atoms with van der Waals surface area (Å²) in [5, 5.41) is 32.0. The first-order valence-corrected chi connectivity index (χ1v) is 11.4. The van der Waals surface area contributed by atoms with Crippen molar-refractivity contribution >= 4 is 23.0 Å². The molecular formula is C25H27N2O7+. The summed E-state index contributed by atoms with van der Waals surface area (Å²) in [6.07, 6.45) is 3.15. The van der Waals surface area contributed by atoms with E-state index in [1.807, 2.05) is 4.58 Å². The molecule has 2 unspecified atom stereocenters. The number of aromatic hydroxyl groups is 1. The van der Waals surface area contributed by atoms with E-state index in [9.17, 15) is 24.9 Å². The van der Waals surface area contributed by atoms with Crippen molar-refractivity contribution in [2.24, 2.45) is 0 Å². The van der Waals surface area contributed by atoms with E-state index in [2.05, 4.69) is 4.90 Å². The highest BCUT2D eigenvalue weighted by Crippen LogP contribution is 2.41. The van der Waals surface area contributed by atoms with Crippen molar-refractivity contribution in [2.75, 3.05) is 57.5 Å². The molecule has 0 radical (unpaired) electrons. The van der Waals surface area contributed by atoms with Gasteiger partial charge in [-0.2, -0.15) is 0 Å². The third-order valence-electron chi connectivity index (χ3n) is 6.71. The topological polar surface area (TPSA) is 120 Å². The highest BCUT2D eigenvalue weighted by molar-refractivity contribution is 6.31. The zero-order chi connectivity index (χ0) is 23.8. The van der Waals surface area contributed by atoms with Crippen LogP contribution < -0.4 is 4.90 Å². The number of benzene rings is 1. The summed E-state index contributed by atoms with van der Waals surface area (Å²) in [6, 6.07) is 4.87. The predicted octanol–water partition coefficient (Wildman–Crippen LogP) is 0.617. The van der Waals surface area contributed by atoms with E-state index in [1.54, 1.807) is 18.2 Å². The maximum atomic E-state index is 13.3. The van der Waals surface area contributed by atoms with Gasteiger partial charge in [-0.3, -0.25) is 9.59 Å². The van der Waals surface area contributed by atoms with E-state index in [0.717, 1.165) is 11.4 Å². The first-order valence-electron chi connectivity index (χ1n) is 11.4. The molecule has 0 spiro atoms. The number of carbonyl (C=O) groups excluding carboxylic acids is 2. The average molecular weight is 467 g/mol. The van der Waals surface area contributed by atoms with E-state index in [1.165, 1.54) is 18.2 Å². The average Bonchev–Trinajstić information content (AvgIpc) is 3.08. The predicted molar refractivity (Wildman–Crippen MR) is 123 cm³/mol. The molecule has 2 aliphatic heterocycles. The van der Waals surface area contributed by atoms with Crippen LogP contribution in [0.15, 0.2) is 53.3 Å². The van der Waals surface area contributed by atoms with Gasteiger partial charge in [-0.1, -0.05) is 6.07 Å². The van der Waals surface area contributed by atoms with Gasteiger partial charge in [-0.25, -0.2) is 4.58 Å². The van der Waals surface area contributed by atoms with E-state index < -0.39 is 23.6 Å². The Balaban J connectivity index is 1.45. The monoisotopic (exact) mass is 467 g/mol. The van der Waals surface area contributed by atoms with Gasteiger partial charge in [0.2, 0.25) is 5.71 Å². The lowest BCUT2D eigenvalue weighted by molar-refractivity contribution is -0.547. The molecule has 0 amide bonds. The maximum Gasteiger partial charge on any atom is 0.203 e. The van der Waals surface area contributed by atoms with E-state index in [-0.39, 0.29) is 28.2 Å². The van der Waals surface area contributed by atoms with Crippen LogP contribution in [0.1, 0.15) is 11.5 Å². The molecule has 2 saturated heterocycles. The first kappa shape index (κ1) is 22.5. The second-order valence-electron chi connectivity index (χ2n) is 8.67. The van der Waals surface area contributed by atoms with Gasteiger partial charge in [-0.15, -0.1) is 0 Å². The molecule has 9 nitrogen and oxygen atoms in total. The van der Waals surface area contributed by atoms with Gasteiger partial charge in [0.25, 0.3) is 0 Å². The SMILES string of the molecule is O=C1C(=C2C=CC(=[N+]3CCOCC3)C=C2O)C(=O)C(c2ccc(N3CCOCC3)cc2O)C1O. The lowest BCUT2D eigenvalue weighted by atomic mass is 9.92. The Hall–Kier alpha value is -3.27. The van der Waals surface area contributed by atoms with E-state index in [0.29, 0.717) is 52.6 Å². The lowest BCUT2D eigenvalue weighted by Gasteiger charge is -2.29. The van der Waals surface area contributed by atoms with Gasteiger partial charge in [0, 0.05) is 42.1 Å². The summed E-state index contributed by atoms with van der Waals surface area (Å²) in [6.45, 7) is 5.05. The van der Waals surface area contributed by atoms with Crippen LogP contribution in [0, 0.1) is 0 Å². The summed E-state index contributed by atoms with van der Waals surface area (Å²) in [4.78, 5) is 28.3. The molecule has 1 aromatic carbocycles. The Morgan fingerprint density at radius 3 is 2.32 bits per heavy atom. The molecule has 1 aromatic rings. The Morgan fingerprint density at radius 2 is 1.65 bits per heavy atom. The Morgan fingerprint density at radius 1 is 0.941 bits per heavy atom. The zero-order valence-corrected chi connectivity index (χ0v) is 18.6. The second-order valence-corrected chi connectivity index (χ2v) is 8.67. The number of allylic oxidation sites excluding steroid dienone is 3. The number of Topliss-reactive ketones (excluding diaryl/α,β-unsaturated/α-hetero) is 2. The van der Waals surface area contributed by atoms with Crippen LogP contribution in [0.3, 0.4) is 0 Å². The summed E-state index contributed by atoms with van der Waals surface area (Å²) in [5.74, 6) is -3.00. The van der Waals surface area contributed by atoms with Crippen molar-refractivity contribution < 1.29 is 39.0 Å². The Labute approximate surface area is 196 Å². The number of phenolic OH excluding ortho intramolecular Hbond substituents is 1. The molecule has 0 aromatic heterocycles. The van der Waals surface area contributed by atoms with Crippen LogP contribution in [0.5, 0.6) is 5.75 Å². The quantitative estimate of drug-likeness (QED) is 0.329. The van der Waals surface area contributed by atoms with Crippen LogP contribution >= 0.6 is 0 Å². The van der Waals surface area contributed by atoms with Gasteiger partial charge in [0.15, 0.2) is 24.7 Å². The standard InChI is InChI=1S/C25H26N2O7/c28-19-13-15(26-5-9-33-10-6-26)1-3-17(19)21-23(30)22(25(32)24(21)31)18-4-2-16(14-20(18)29)27-7-11-34-12-8-27/h1-4,13-14,21,24,28,31H,5-12H2/p+1. The molecule has 1 saturated carbocycles.